The second kappa shape index (κ2) is 5.36. The first-order valence-corrected chi connectivity index (χ1v) is 5.79. The van der Waals surface area contributed by atoms with Gasteiger partial charge in [0, 0.05) is 12.6 Å². The van der Waals surface area contributed by atoms with Gasteiger partial charge in [0.2, 0.25) is 0 Å². The molecule has 1 aliphatic rings. The molecule has 5 heteroatoms. The average molecular weight is 239 g/mol. The van der Waals surface area contributed by atoms with E-state index in [2.05, 4.69) is 0 Å². The standard InChI is InChI=1S/C11H20F3NO/c1-8(2)5-6-15(9-3-4-9)7-10(16)11(12,13)14/h8-10,16H,3-7H2,1-2H3. The van der Waals surface area contributed by atoms with Crippen molar-refractivity contribution in [3.63, 3.8) is 0 Å². The Hall–Kier alpha value is -0.290. The van der Waals surface area contributed by atoms with Crippen LogP contribution in [-0.2, 0) is 0 Å². The zero-order chi connectivity index (χ0) is 12.3. The third kappa shape index (κ3) is 4.70. The summed E-state index contributed by atoms with van der Waals surface area (Å²) in [7, 11) is 0. The Balaban J connectivity index is 2.39. The van der Waals surface area contributed by atoms with E-state index < -0.39 is 12.3 Å². The first-order chi connectivity index (χ1) is 7.30. The van der Waals surface area contributed by atoms with Gasteiger partial charge in [0.25, 0.3) is 0 Å². The number of hydrogen-bond acceptors (Lipinski definition) is 2. The number of hydrogen-bond donors (Lipinski definition) is 1. The molecule has 0 bridgehead atoms. The Kier molecular flexibility index (Phi) is 4.62. The molecule has 1 saturated carbocycles. The zero-order valence-electron chi connectivity index (χ0n) is 9.80. The van der Waals surface area contributed by atoms with E-state index in [0.717, 1.165) is 19.3 Å². The van der Waals surface area contributed by atoms with Gasteiger partial charge in [-0.15, -0.1) is 0 Å². The lowest BCUT2D eigenvalue weighted by molar-refractivity contribution is -0.208. The highest BCUT2D eigenvalue weighted by Gasteiger charge is 2.41. The number of halogens is 3. The molecule has 2 nitrogen and oxygen atoms in total. The van der Waals surface area contributed by atoms with Crippen molar-refractivity contribution in [1.82, 2.24) is 4.90 Å². The highest BCUT2D eigenvalue weighted by atomic mass is 19.4. The fourth-order valence-corrected chi connectivity index (χ4v) is 1.61. The summed E-state index contributed by atoms with van der Waals surface area (Å²) in [5, 5.41) is 9.03. The van der Waals surface area contributed by atoms with Gasteiger partial charge < -0.3 is 5.11 Å². The van der Waals surface area contributed by atoms with Crippen LogP contribution in [0.3, 0.4) is 0 Å². The summed E-state index contributed by atoms with van der Waals surface area (Å²) >= 11 is 0. The second-order valence-electron chi connectivity index (χ2n) is 4.97. The summed E-state index contributed by atoms with van der Waals surface area (Å²) < 4.78 is 36.6. The Labute approximate surface area is 94.4 Å². The quantitative estimate of drug-likeness (QED) is 0.769. The lowest BCUT2D eigenvalue weighted by Gasteiger charge is -2.26. The molecule has 1 rings (SSSR count). The molecule has 1 aliphatic carbocycles. The fraction of sp³-hybridized carbons (Fsp3) is 1.00. The molecule has 1 unspecified atom stereocenters. The molecular formula is C11H20F3NO. The number of nitrogens with zero attached hydrogens (tertiary/aromatic N) is 1. The molecule has 1 fully saturated rings. The molecule has 0 amide bonds. The van der Waals surface area contributed by atoms with E-state index in [1.807, 2.05) is 13.8 Å². The minimum Gasteiger partial charge on any atom is -0.382 e. The van der Waals surface area contributed by atoms with Gasteiger partial charge in [-0.1, -0.05) is 13.8 Å². The van der Waals surface area contributed by atoms with E-state index in [-0.39, 0.29) is 12.6 Å². The van der Waals surface area contributed by atoms with Crippen molar-refractivity contribution < 1.29 is 18.3 Å². The summed E-state index contributed by atoms with van der Waals surface area (Å²) in [6.45, 7) is 4.47. The Morgan fingerprint density at radius 2 is 1.88 bits per heavy atom. The van der Waals surface area contributed by atoms with Crippen LogP contribution in [0.2, 0.25) is 0 Å². The third-order valence-electron chi connectivity index (χ3n) is 2.84. The van der Waals surface area contributed by atoms with Crippen LogP contribution in [0, 0.1) is 5.92 Å². The lowest BCUT2D eigenvalue weighted by atomic mass is 10.1. The van der Waals surface area contributed by atoms with Crippen molar-refractivity contribution >= 4 is 0 Å². The smallest absolute Gasteiger partial charge is 0.382 e. The van der Waals surface area contributed by atoms with Crippen molar-refractivity contribution in [2.24, 2.45) is 5.92 Å². The van der Waals surface area contributed by atoms with Crippen LogP contribution < -0.4 is 0 Å². The zero-order valence-corrected chi connectivity index (χ0v) is 9.80. The van der Waals surface area contributed by atoms with E-state index in [0.29, 0.717) is 12.5 Å². The Bertz CT molecular complexity index is 214. The SMILES string of the molecule is CC(C)CCN(CC(O)C(F)(F)F)C1CC1. The molecule has 0 aromatic heterocycles. The Morgan fingerprint density at radius 1 is 1.31 bits per heavy atom. The van der Waals surface area contributed by atoms with E-state index in [4.69, 9.17) is 5.11 Å². The molecule has 0 aliphatic heterocycles. The molecule has 1 atom stereocenters. The Morgan fingerprint density at radius 3 is 2.25 bits per heavy atom. The van der Waals surface area contributed by atoms with Crippen molar-refractivity contribution in [3.8, 4) is 0 Å². The molecule has 0 radical (unpaired) electrons. The maximum atomic E-state index is 12.2. The van der Waals surface area contributed by atoms with E-state index >= 15 is 0 Å². The van der Waals surface area contributed by atoms with Crippen LogP contribution in [0.4, 0.5) is 13.2 Å². The van der Waals surface area contributed by atoms with Crippen LogP contribution in [0.1, 0.15) is 33.1 Å². The van der Waals surface area contributed by atoms with Gasteiger partial charge >= 0.3 is 6.18 Å². The van der Waals surface area contributed by atoms with E-state index in [9.17, 15) is 13.2 Å². The largest absolute Gasteiger partial charge is 0.415 e. The normalized spacial score (nSPS) is 19.5. The highest BCUT2D eigenvalue weighted by molar-refractivity contribution is 4.86. The average Bonchev–Trinajstić information content (AvgIpc) is 2.92. The first kappa shape index (κ1) is 13.8. The monoisotopic (exact) mass is 239 g/mol. The maximum Gasteiger partial charge on any atom is 0.415 e. The van der Waals surface area contributed by atoms with Crippen molar-refractivity contribution in [2.75, 3.05) is 13.1 Å². The third-order valence-corrected chi connectivity index (χ3v) is 2.84. The number of aliphatic hydroxyl groups is 1. The van der Waals surface area contributed by atoms with Gasteiger partial charge in [-0.2, -0.15) is 13.2 Å². The van der Waals surface area contributed by atoms with Gasteiger partial charge in [0.05, 0.1) is 0 Å². The van der Waals surface area contributed by atoms with Crippen LogP contribution in [0.5, 0.6) is 0 Å². The highest BCUT2D eigenvalue weighted by Crippen LogP contribution is 2.29. The van der Waals surface area contributed by atoms with Gasteiger partial charge in [0.1, 0.15) is 0 Å². The number of aliphatic hydroxyl groups excluding tert-OH is 1. The molecule has 0 heterocycles. The lowest BCUT2D eigenvalue weighted by Crippen LogP contribution is -2.42. The minimum absolute atomic E-state index is 0.260. The summed E-state index contributed by atoms with van der Waals surface area (Å²) in [6, 6.07) is 0.260. The molecule has 0 spiro atoms. The molecule has 0 aromatic carbocycles. The summed E-state index contributed by atoms with van der Waals surface area (Å²) in [4.78, 5) is 1.78. The van der Waals surface area contributed by atoms with E-state index in [1.165, 1.54) is 0 Å². The van der Waals surface area contributed by atoms with Crippen molar-refractivity contribution in [1.29, 1.82) is 0 Å². The van der Waals surface area contributed by atoms with Crippen LogP contribution in [-0.4, -0.2) is 41.4 Å². The van der Waals surface area contributed by atoms with Crippen LogP contribution in [0.25, 0.3) is 0 Å². The molecule has 0 aromatic rings. The molecule has 16 heavy (non-hydrogen) atoms. The second-order valence-corrected chi connectivity index (χ2v) is 4.97. The maximum absolute atomic E-state index is 12.2. The van der Waals surface area contributed by atoms with Crippen LogP contribution >= 0.6 is 0 Å². The van der Waals surface area contributed by atoms with Gasteiger partial charge in [-0.05, 0) is 31.7 Å². The number of alkyl halides is 3. The fourth-order valence-electron chi connectivity index (χ4n) is 1.61. The number of rotatable bonds is 6. The van der Waals surface area contributed by atoms with Crippen molar-refractivity contribution in [3.05, 3.63) is 0 Å². The first-order valence-electron chi connectivity index (χ1n) is 5.79. The topological polar surface area (TPSA) is 23.5 Å². The van der Waals surface area contributed by atoms with Crippen LogP contribution in [0.15, 0.2) is 0 Å². The summed E-state index contributed by atoms with van der Waals surface area (Å²) in [5.41, 5.74) is 0. The molecule has 96 valence electrons. The molecule has 0 saturated heterocycles. The molecular weight excluding hydrogens is 219 g/mol. The summed E-state index contributed by atoms with van der Waals surface area (Å²) in [5.74, 6) is 0.476. The predicted molar refractivity (Wildman–Crippen MR) is 56.1 cm³/mol. The van der Waals surface area contributed by atoms with Crippen molar-refractivity contribution in [2.45, 2.75) is 51.4 Å². The minimum atomic E-state index is -4.50. The van der Waals surface area contributed by atoms with E-state index in [1.54, 1.807) is 4.90 Å². The van der Waals surface area contributed by atoms with Gasteiger partial charge in [0.15, 0.2) is 6.10 Å². The van der Waals surface area contributed by atoms with Gasteiger partial charge in [-0.25, -0.2) is 0 Å². The predicted octanol–water partition coefficient (Wildman–Crippen LogP) is 2.42. The summed E-state index contributed by atoms with van der Waals surface area (Å²) in [6.07, 6.45) is -3.91. The molecule has 1 N–H and O–H groups in total. The van der Waals surface area contributed by atoms with Gasteiger partial charge in [-0.3, -0.25) is 4.90 Å².